The van der Waals surface area contributed by atoms with Gasteiger partial charge in [0.25, 0.3) is 0 Å². The zero-order chi connectivity index (χ0) is 20.2. The summed E-state index contributed by atoms with van der Waals surface area (Å²) in [6, 6.07) is 15.9. The fourth-order valence-corrected chi connectivity index (χ4v) is 4.52. The van der Waals surface area contributed by atoms with Crippen molar-refractivity contribution in [3.63, 3.8) is 0 Å². The van der Waals surface area contributed by atoms with Crippen LogP contribution in [0.2, 0.25) is 0 Å². The highest BCUT2D eigenvalue weighted by atomic mass is 16.7. The third-order valence-electron chi connectivity index (χ3n) is 5.82. The van der Waals surface area contributed by atoms with Crippen LogP contribution >= 0.6 is 0 Å². The Bertz CT molecular complexity index is 805. The van der Waals surface area contributed by atoms with Crippen molar-refractivity contribution in [3.05, 3.63) is 65.2 Å². The van der Waals surface area contributed by atoms with Gasteiger partial charge in [-0.3, -0.25) is 9.69 Å². The van der Waals surface area contributed by atoms with E-state index in [0.717, 1.165) is 48.3 Å². The van der Waals surface area contributed by atoms with Crippen LogP contribution in [-0.4, -0.2) is 43.4 Å². The van der Waals surface area contributed by atoms with E-state index in [4.69, 9.17) is 9.47 Å². The Morgan fingerprint density at radius 1 is 1.00 bits per heavy atom. The van der Waals surface area contributed by atoms with Crippen LogP contribution in [0, 0.1) is 19.8 Å². The summed E-state index contributed by atoms with van der Waals surface area (Å²) in [6.07, 6.45) is 1.88. The third kappa shape index (κ3) is 4.86. The van der Waals surface area contributed by atoms with Crippen LogP contribution in [0.3, 0.4) is 0 Å². The van der Waals surface area contributed by atoms with Crippen LogP contribution in [-0.2, 0) is 14.3 Å². The minimum atomic E-state index is -0.302. The number of ether oxygens (including phenoxy) is 2. The maximum absolute atomic E-state index is 13.4. The number of nitrogens with zero attached hydrogens (tertiary/aromatic N) is 1. The fourth-order valence-electron chi connectivity index (χ4n) is 4.52. The van der Waals surface area contributed by atoms with Crippen molar-refractivity contribution in [2.24, 2.45) is 5.92 Å². The first-order valence-electron chi connectivity index (χ1n) is 10.5. The van der Waals surface area contributed by atoms with Gasteiger partial charge in [0.05, 0.1) is 13.2 Å². The van der Waals surface area contributed by atoms with Gasteiger partial charge in [-0.2, -0.15) is 0 Å². The molecule has 1 unspecified atom stereocenters. The smallest absolute Gasteiger partial charge is 0.246 e. The molecule has 29 heavy (non-hydrogen) atoms. The Labute approximate surface area is 173 Å². The zero-order valence-corrected chi connectivity index (χ0v) is 17.3. The first kappa shape index (κ1) is 20.1. The van der Waals surface area contributed by atoms with E-state index in [-0.39, 0.29) is 18.2 Å². The molecule has 2 saturated heterocycles. The minimum Gasteiger partial charge on any atom is -0.350 e. The van der Waals surface area contributed by atoms with Gasteiger partial charge < -0.3 is 14.8 Å². The summed E-state index contributed by atoms with van der Waals surface area (Å²) in [7, 11) is 0. The molecule has 0 aliphatic carbocycles. The third-order valence-corrected chi connectivity index (χ3v) is 5.82. The molecule has 0 bridgehead atoms. The van der Waals surface area contributed by atoms with E-state index in [1.165, 1.54) is 0 Å². The zero-order valence-electron chi connectivity index (χ0n) is 17.3. The number of anilines is 1. The Kier molecular flexibility index (Phi) is 6.28. The number of aryl methyl sites for hydroxylation is 2. The Morgan fingerprint density at radius 2 is 1.62 bits per heavy atom. The van der Waals surface area contributed by atoms with Crippen LogP contribution < -0.4 is 5.32 Å². The molecule has 0 spiro atoms. The van der Waals surface area contributed by atoms with E-state index < -0.39 is 0 Å². The molecule has 1 atom stereocenters. The monoisotopic (exact) mass is 394 g/mol. The van der Waals surface area contributed by atoms with Gasteiger partial charge in [0.1, 0.15) is 6.04 Å². The molecule has 0 radical (unpaired) electrons. The van der Waals surface area contributed by atoms with Gasteiger partial charge in [0.15, 0.2) is 6.29 Å². The van der Waals surface area contributed by atoms with Crippen molar-refractivity contribution < 1.29 is 14.3 Å². The number of nitrogens with one attached hydrogen (secondary N) is 1. The second-order valence-corrected chi connectivity index (χ2v) is 8.16. The van der Waals surface area contributed by atoms with E-state index in [9.17, 15) is 4.79 Å². The molecule has 2 aromatic carbocycles. The molecule has 2 aromatic rings. The van der Waals surface area contributed by atoms with Crippen LogP contribution in [0.1, 0.15) is 35.6 Å². The van der Waals surface area contributed by atoms with Crippen molar-refractivity contribution in [1.29, 1.82) is 0 Å². The number of carbonyl (C=O) groups excluding carboxylic acids is 1. The quantitative estimate of drug-likeness (QED) is 0.831. The van der Waals surface area contributed by atoms with E-state index in [0.29, 0.717) is 19.1 Å². The summed E-state index contributed by atoms with van der Waals surface area (Å²) in [4.78, 5) is 15.7. The summed E-state index contributed by atoms with van der Waals surface area (Å²) in [6.45, 7) is 7.19. The maximum atomic E-state index is 13.4. The van der Waals surface area contributed by atoms with Crippen molar-refractivity contribution >= 4 is 11.6 Å². The molecule has 2 aliphatic heterocycles. The van der Waals surface area contributed by atoms with Gasteiger partial charge in [-0.05, 0) is 68.6 Å². The predicted molar refractivity (Wildman–Crippen MR) is 114 cm³/mol. The van der Waals surface area contributed by atoms with Crippen LogP contribution in [0.25, 0.3) is 0 Å². The standard InChI is InChI=1S/C24H30N2O3/c1-17-14-18(2)16-21(15-17)25-23(27)22(19-6-4-3-5-7-19)26-10-8-20(9-11-26)24-28-12-13-29-24/h3-7,14-16,20,22,24H,8-13H2,1-2H3,(H,25,27). The van der Waals surface area contributed by atoms with Crippen molar-refractivity contribution in [2.45, 2.75) is 39.0 Å². The van der Waals surface area contributed by atoms with Crippen molar-refractivity contribution in [1.82, 2.24) is 4.90 Å². The maximum Gasteiger partial charge on any atom is 0.246 e. The van der Waals surface area contributed by atoms with Gasteiger partial charge in [-0.25, -0.2) is 0 Å². The summed E-state index contributed by atoms with van der Waals surface area (Å²) < 4.78 is 11.4. The van der Waals surface area contributed by atoms with Gasteiger partial charge in [0, 0.05) is 11.6 Å². The minimum absolute atomic E-state index is 0.0213. The first-order chi connectivity index (χ1) is 14.1. The highest BCUT2D eigenvalue weighted by molar-refractivity contribution is 5.95. The lowest BCUT2D eigenvalue weighted by Crippen LogP contribution is -2.44. The largest absolute Gasteiger partial charge is 0.350 e. The van der Waals surface area contributed by atoms with Gasteiger partial charge in [0.2, 0.25) is 5.91 Å². The van der Waals surface area contributed by atoms with Crippen LogP contribution in [0.4, 0.5) is 5.69 Å². The molecule has 0 aromatic heterocycles. The number of hydrogen-bond acceptors (Lipinski definition) is 4. The average Bonchev–Trinajstić information content (AvgIpc) is 3.23. The number of amides is 1. The number of likely N-dealkylation sites (tertiary alicyclic amines) is 1. The first-order valence-corrected chi connectivity index (χ1v) is 10.5. The van der Waals surface area contributed by atoms with E-state index in [1.54, 1.807) is 0 Å². The Balaban J connectivity index is 1.50. The van der Waals surface area contributed by atoms with Crippen LogP contribution in [0.5, 0.6) is 0 Å². The van der Waals surface area contributed by atoms with Gasteiger partial charge >= 0.3 is 0 Å². The molecular weight excluding hydrogens is 364 g/mol. The molecular formula is C24H30N2O3. The van der Waals surface area contributed by atoms with E-state index in [2.05, 4.69) is 30.1 Å². The summed E-state index contributed by atoms with van der Waals surface area (Å²) in [5.74, 6) is 0.431. The average molecular weight is 395 g/mol. The molecule has 1 amide bonds. The second-order valence-electron chi connectivity index (χ2n) is 8.16. The van der Waals surface area contributed by atoms with Crippen molar-refractivity contribution in [3.8, 4) is 0 Å². The van der Waals surface area contributed by atoms with Gasteiger partial charge in [-0.15, -0.1) is 0 Å². The number of hydrogen-bond donors (Lipinski definition) is 1. The summed E-state index contributed by atoms with van der Waals surface area (Å²) in [5.41, 5.74) is 4.18. The van der Waals surface area contributed by atoms with Gasteiger partial charge in [-0.1, -0.05) is 36.4 Å². The molecule has 2 heterocycles. The fraction of sp³-hybridized carbons (Fsp3) is 0.458. The van der Waals surface area contributed by atoms with Crippen molar-refractivity contribution in [2.75, 3.05) is 31.6 Å². The second kappa shape index (κ2) is 9.08. The molecule has 5 heteroatoms. The lowest BCUT2D eigenvalue weighted by atomic mass is 9.93. The molecule has 1 N–H and O–H groups in total. The number of rotatable bonds is 5. The van der Waals surface area contributed by atoms with E-state index in [1.807, 2.05) is 42.5 Å². The highest BCUT2D eigenvalue weighted by Crippen LogP contribution is 2.31. The molecule has 5 nitrogen and oxygen atoms in total. The molecule has 2 fully saturated rings. The van der Waals surface area contributed by atoms with E-state index >= 15 is 0 Å². The summed E-state index contributed by atoms with van der Waals surface area (Å²) >= 11 is 0. The highest BCUT2D eigenvalue weighted by Gasteiger charge is 2.35. The molecule has 154 valence electrons. The molecule has 2 aliphatic rings. The SMILES string of the molecule is Cc1cc(C)cc(NC(=O)C(c2ccccc2)N2CCC(C3OCCO3)CC2)c1. The number of carbonyl (C=O) groups is 1. The molecule has 0 saturated carbocycles. The summed E-state index contributed by atoms with van der Waals surface area (Å²) in [5, 5.41) is 3.16. The van der Waals surface area contributed by atoms with Crippen LogP contribution in [0.15, 0.2) is 48.5 Å². The topological polar surface area (TPSA) is 50.8 Å². The Hall–Kier alpha value is -2.21. The number of piperidine rings is 1. The lowest BCUT2D eigenvalue weighted by molar-refractivity contribution is -0.124. The normalized spacial score (nSPS) is 19.9. The Morgan fingerprint density at radius 3 is 2.24 bits per heavy atom. The predicted octanol–water partition coefficient (Wildman–Crippen LogP) is 4.07. The molecule has 4 rings (SSSR count). The number of benzene rings is 2. The lowest BCUT2D eigenvalue weighted by Gasteiger charge is -2.38.